The number of hydrogen-bond donors (Lipinski definition) is 3. The summed E-state index contributed by atoms with van der Waals surface area (Å²) in [5, 5.41) is 6.93. The first-order chi connectivity index (χ1) is 11.5. The van der Waals surface area contributed by atoms with Gasteiger partial charge in [0.2, 0.25) is 5.91 Å². The van der Waals surface area contributed by atoms with E-state index < -0.39 is 11.4 Å². The molecule has 0 saturated carbocycles. The average molecular weight is 353 g/mol. The molecular formula is C18H24ClFN3O. The average Bonchev–Trinajstić information content (AvgIpc) is 2.60. The van der Waals surface area contributed by atoms with Gasteiger partial charge >= 0.3 is 0 Å². The Balaban J connectivity index is 2.05. The number of nitrogens with two attached hydrogens (primary N) is 1. The molecule has 1 aromatic carbocycles. The van der Waals surface area contributed by atoms with Gasteiger partial charge in [-0.2, -0.15) is 0 Å². The van der Waals surface area contributed by atoms with E-state index in [2.05, 4.69) is 10.6 Å². The van der Waals surface area contributed by atoms with Crippen LogP contribution in [0.5, 0.6) is 0 Å². The van der Waals surface area contributed by atoms with E-state index in [4.69, 9.17) is 17.3 Å². The van der Waals surface area contributed by atoms with Gasteiger partial charge in [-0.3, -0.25) is 4.79 Å². The first kappa shape index (κ1) is 17.6. The Labute approximate surface area is 147 Å². The number of amides is 1. The van der Waals surface area contributed by atoms with Gasteiger partial charge in [0, 0.05) is 6.04 Å². The van der Waals surface area contributed by atoms with Crippen molar-refractivity contribution in [2.45, 2.75) is 50.1 Å². The molecule has 1 radical (unpaired) electrons. The van der Waals surface area contributed by atoms with Crippen molar-refractivity contribution in [1.29, 1.82) is 0 Å². The van der Waals surface area contributed by atoms with Crippen LogP contribution < -0.4 is 16.4 Å². The highest BCUT2D eigenvalue weighted by atomic mass is 35.5. The summed E-state index contributed by atoms with van der Waals surface area (Å²) in [5.74, 6) is 0.00260. The SMILES string of the molecule is NC(=O)[C@]1([C](c2ccc(Cl)c(F)c2)[C@H]2CCCCN2)CCCCN1. The zero-order valence-electron chi connectivity index (χ0n) is 13.7. The summed E-state index contributed by atoms with van der Waals surface area (Å²) in [7, 11) is 0. The summed E-state index contributed by atoms with van der Waals surface area (Å²) in [6, 6.07) is 4.77. The summed E-state index contributed by atoms with van der Waals surface area (Å²) < 4.78 is 14.1. The van der Waals surface area contributed by atoms with Crippen LogP contribution in [0.25, 0.3) is 0 Å². The number of carbonyl (C=O) groups excluding carboxylic acids is 1. The molecule has 2 saturated heterocycles. The second-order valence-electron chi connectivity index (χ2n) is 6.70. The number of halogens is 2. The monoisotopic (exact) mass is 352 g/mol. The van der Waals surface area contributed by atoms with Crippen molar-refractivity contribution in [3.05, 3.63) is 40.5 Å². The summed E-state index contributed by atoms with van der Waals surface area (Å²) in [4.78, 5) is 12.5. The van der Waals surface area contributed by atoms with Crippen molar-refractivity contribution in [3.63, 3.8) is 0 Å². The van der Waals surface area contributed by atoms with Crippen molar-refractivity contribution >= 4 is 17.5 Å². The Bertz CT molecular complexity index is 598. The number of rotatable bonds is 4. The molecule has 1 amide bonds. The number of benzene rings is 1. The van der Waals surface area contributed by atoms with Crippen LogP contribution in [0.4, 0.5) is 4.39 Å². The third-order valence-corrected chi connectivity index (χ3v) is 5.48. The number of hydrogen-bond acceptors (Lipinski definition) is 3. The predicted molar refractivity (Wildman–Crippen MR) is 93.2 cm³/mol. The molecule has 2 atom stereocenters. The molecule has 6 heteroatoms. The van der Waals surface area contributed by atoms with Gasteiger partial charge in [0.15, 0.2) is 0 Å². The molecule has 2 aliphatic heterocycles. The Kier molecular flexibility index (Phi) is 5.42. The van der Waals surface area contributed by atoms with Crippen molar-refractivity contribution in [1.82, 2.24) is 10.6 Å². The first-order valence-corrected chi connectivity index (χ1v) is 9.03. The topological polar surface area (TPSA) is 67.2 Å². The smallest absolute Gasteiger partial charge is 0.238 e. The van der Waals surface area contributed by atoms with Crippen LogP contribution in [0.3, 0.4) is 0 Å². The normalized spacial score (nSPS) is 28.0. The standard InChI is InChI=1S/C18H24ClFN3O/c19-13-7-6-12(11-14(13)20)16(15-5-1-3-9-22-15)18(17(21)24)8-2-4-10-23-18/h6-7,11,15,22-23H,1-5,8-10H2,(H2,21,24)/t15-,18-/m1/s1. The lowest BCUT2D eigenvalue weighted by molar-refractivity contribution is -0.124. The fourth-order valence-corrected chi connectivity index (χ4v) is 4.10. The van der Waals surface area contributed by atoms with Crippen molar-refractivity contribution in [2.24, 2.45) is 5.73 Å². The number of primary amides is 1. The fourth-order valence-electron chi connectivity index (χ4n) is 3.99. The van der Waals surface area contributed by atoms with E-state index in [0.717, 1.165) is 51.1 Å². The zero-order valence-corrected chi connectivity index (χ0v) is 14.5. The molecule has 0 unspecified atom stereocenters. The van der Waals surface area contributed by atoms with E-state index in [-0.39, 0.29) is 17.0 Å². The van der Waals surface area contributed by atoms with Crippen LogP contribution in [0.15, 0.2) is 18.2 Å². The highest BCUT2D eigenvalue weighted by molar-refractivity contribution is 6.30. The molecule has 0 aliphatic carbocycles. The molecule has 131 valence electrons. The number of nitrogens with one attached hydrogen (secondary N) is 2. The van der Waals surface area contributed by atoms with Gasteiger partial charge in [0.25, 0.3) is 0 Å². The lowest BCUT2D eigenvalue weighted by Crippen LogP contribution is -2.65. The number of piperidine rings is 2. The summed E-state index contributed by atoms with van der Waals surface area (Å²) in [5.41, 5.74) is 5.62. The summed E-state index contributed by atoms with van der Waals surface area (Å²) >= 11 is 5.85. The van der Waals surface area contributed by atoms with Crippen LogP contribution in [0.2, 0.25) is 5.02 Å². The largest absolute Gasteiger partial charge is 0.368 e. The lowest BCUT2D eigenvalue weighted by Gasteiger charge is -2.46. The molecule has 4 N–H and O–H groups in total. The minimum atomic E-state index is -0.923. The predicted octanol–water partition coefficient (Wildman–Crippen LogP) is 2.54. The molecule has 0 spiro atoms. The van der Waals surface area contributed by atoms with Crippen molar-refractivity contribution in [2.75, 3.05) is 13.1 Å². The van der Waals surface area contributed by atoms with Gasteiger partial charge in [-0.05, 0) is 62.9 Å². The molecule has 24 heavy (non-hydrogen) atoms. The van der Waals surface area contributed by atoms with E-state index in [9.17, 15) is 9.18 Å². The quantitative estimate of drug-likeness (QED) is 0.780. The zero-order chi connectivity index (χ0) is 17.2. The van der Waals surface area contributed by atoms with Crippen LogP contribution in [0, 0.1) is 11.7 Å². The van der Waals surface area contributed by atoms with Gasteiger partial charge in [-0.1, -0.05) is 24.1 Å². The van der Waals surface area contributed by atoms with Crippen molar-refractivity contribution in [3.8, 4) is 0 Å². The van der Waals surface area contributed by atoms with Crippen LogP contribution in [-0.4, -0.2) is 30.6 Å². The first-order valence-electron chi connectivity index (χ1n) is 8.66. The Morgan fingerprint density at radius 1 is 1.25 bits per heavy atom. The number of carbonyl (C=O) groups is 1. The van der Waals surface area contributed by atoms with Crippen LogP contribution in [0.1, 0.15) is 44.1 Å². The highest BCUT2D eigenvalue weighted by Gasteiger charge is 2.49. The van der Waals surface area contributed by atoms with E-state index in [1.807, 2.05) is 0 Å². The Morgan fingerprint density at radius 3 is 2.62 bits per heavy atom. The third-order valence-electron chi connectivity index (χ3n) is 5.18. The van der Waals surface area contributed by atoms with Gasteiger partial charge in [-0.25, -0.2) is 4.39 Å². The molecule has 4 nitrogen and oxygen atoms in total. The molecule has 3 rings (SSSR count). The molecule has 0 aromatic heterocycles. The minimum absolute atomic E-state index is 0.0115. The summed E-state index contributed by atoms with van der Waals surface area (Å²) in [6.07, 6.45) is 5.66. The van der Waals surface area contributed by atoms with Crippen molar-refractivity contribution < 1.29 is 9.18 Å². The van der Waals surface area contributed by atoms with Gasteiger partial charge in [0.1, 0.15) is 11.4 Å². The third kappa shape index (κ3) is 3.30. The second-order valence-corrected chi connectivity index (χ2v) is 7.11. The van der Waals surface area contributed by atoms with E-state index in [1.165, 1.54) is 6.07 Å². The highest BCUT2D eigenvalue weighted by Crippen LogP contribution is 2.39. The molecule has 0 bridgehead atoms. The molecular weight excluding hydrogens is 329 g/mol. The molecule has 2 fully saturated rings. The van der Waals surface area contributed by atoms with Gasteiger partial charge in [-0.15, -0.1) is 0 Å². The van der Waals surface area contributed by atoms with Crippen LogP contribution >= 0.6 is 11.6 Å². The molecule has 2 aliphatic rings. The maximum absolute atomic E-state index is 14.1. The van der Waals surface area contributed by atoms with Crippen LogP contribution in [-0.2, 0) is 4.79 Å². The van der Waals surface area contributed by atoms with Gasteiger partial charge < -0.3 is 16.4 Å². The Morgan fingerprint density at radius 2 is 2.04 bits per heavy atom. The fraction of sp³-hybridized carbons (Fsp3) is 0.556. The second kappa shape index (κ2) is 7.38. The van der Waals surface area contributed by atoms with E-state index in [1.54, 1.807) is 12.1 Å². The van der Waals surface area contributed by atoms with E-state index >= 15 is 0 Å². The summed E-state index contributed by atoms with van der Waals surface area (Å²) in [6.45, 7) is 1.62. The Hall–Kier alpha value is -1.17. The molecule has 2 heterocycles. The maximum atomic E-state index is 14.1. The van der Waals surface area contributed by atoms with E-state index in [0.29, 0.717) is 12.0 Å². The lowest BCUT2D eigenvalue weighted by atomic mass is 9.68. The molecule has 1 aromatic rings. The maximum Gasteiger partial charge on any atom is 0.238 e. The minimum Gasteiger partial charge on any atom is -0.368 e. The van der Waals surface area contributed by atoms with Gasteiger partial charge in [0.05, 0.1) is 10.9 Å².